The van der Waals surface area contributed by atoms with Gasteiger partial charge >= 0.3 is 0 Å². The molecule has 5 nitrogen and oxygen atoms in total. The highest BCUT2D eigenvalue weighted by Crippen LogP contribution is 2.22. The van der Waals surface area contributed by atoms with E-state index >= 15 is 0 Å². The minimum absolute atomic E-state index is 0.0847. The summed E-state index contributed by atoms with van der Waals surface area (Å²) in [6, 6.07) is 1.82. The first-order valence-electron chi connectivity index (χ1n) is 6.07. The second-order valence-electron chi connectivity index (χ2n) is 4.03. The largest absolute Gasteiger partial charge is 0.354 e. The molecule has 2 rings (SSSR count). The van der Waals surface area contributed by atoms with Crippen molar-refractivity contribution >= 4 is 29.2 Å². The van der Waals surface area contributed by atoms with Crippen LogP contribution in [0.15, 0.2) is 12.1 Å². The van der Waals surface area contributed by atoms with E-state index in [-0.39, 0.29) is 22.9 Å². The fourth-order valence-electron chi connectivity index (χ4n) is 1.46. The monoisotopic (exact) mass is 317 g/mol. The second kappa shape index (κ2) is 6.57. The van der Waals surface area contributed by atoms with Crippen LogP contribution in [0.25, 0.3) is 0 Å². The number of nitrogens with zero attached hydrogens (tertiary/aromatic N) is 3. The van der Waals surface area contributed by atoms with Gasteiger partial charge in [0.15, 0.2) is 17.5 Å². The number of rotatable bonds is 5. The molecule has 112 valence electrons. The first-order chi connectivity index (χ1) is 10.0. The van der Waals surface area contributed by atoms with E-state index in [1.165, 1.54) is 0 Å². The van der Waals surface area contributed by atoms with Crippen LogP contribution in [0.1, 0.15) is 13.3 Å². The Morgan fingerprint density at radius 3 is 2.48 bits per heavy atom. The minimum atomic E-state index is -1.58. The Labute approximate surface area is 123 Å². The molecular weight excluding hydrogens is 307 g/mol. The lowest BCUT2D eigenvalue weighted by Gasteiger charge is -2.09. The van der Waals surface area contributed by atoms with Crippen molar-refractivity contribution in [1.29, 1.82) is 0 Å². The Balaban J connectivity index is 2.27. The van der Waals surface area contributed by atoms with Crippen LogP contribution < -0.4 is 10.6 Å². The Morgan fingerprint density at radius 2 is 1.76 bits per heavy atom. The van der Waals surface area contributed by atoms with Crippen LogP contribution in [0.3, 0.4) is 0 Å². The van der Waals surface area contributed by atoms with Crippen LogP contribution in [-0.2, 0) is 0 Å². The quantitative estimate of drug-likeness (QED) is 0.826. The van der Waals surface area contributed by atoms with E-state index in [0.29, 0.717) is 6.54 Å². The third-order valence-corrected chi connectivity index (χ3v) is 2.59. The third kappa shape index (κ3) is 3.72. The predicted molar refractivity (Wildman–Crippen MR) is 73.2 cm³/mol. The van der Waals surface area contributed by atoms with Gasteiger partial charge in [0.1, 0.15) is 0 Å². The smallest absolute Gasteiger partial charge is 0.233 e. The molecule has 9 heteroatoms. The third-order valence-electron chi connectivity index (χ3n) is 2.42. The van der Waals surface area contributed by atoms with Gasteiger partial charge in [-0.3, -0.25) is 0 Å². The van der Waals surface area contributed by atoms with Crippen molar-refractivity contribution < 1.29 is 13.2 Å². The molecule has 2 N–H and O–H groups in total. The molecule has 1 aromatic carbocycles. The van der Waals surface area contributed by atoms with Crippen LogP contribution in [0.4, 0.5) is 30.8 Å². The molecule has 0 radical (unpaired) electrons. The number of aromatic nitrogens is 3. The molecule has 0 amide bonds. The molecule has 0 aliphatic rings. The Morgan fingerprint density at radius 1 is 1.05 bits per heavy atom. The van der Waals surface area contributed by atoms with Crippen molar-refractivity contribution in [3.05, 3.63) is 34.9 Å². The summed E-state index contributed by atoms with van der Waals surface area (Å²) in [6.45, 7) is 2.56. The van der Waals surface area contributed by atoms with E-state index in [9.17, 15) is 13.2 Å². The first-order valence-corrected chi connectivity index (χ1v) is 6.45. The van der Waals surface area contributed by atoms with Gasteiger partial charge in [0.25, 0.3) is 0 Å². The average molecular weight is 318 g/mol. The second-order valence-corrected chi connectivity index (χ2v) is 4.36. The molecule has 0 aliphatic carbocycles. The topological polar surface area (TPSA) is 62.7 Å². The van der Waals surface area contributed by atoms with Gasteiger partial charge in [-0.2, -0.15) is 15.0 Å². The van der Waals surface area contributed by atoms with Gasteiger partial charge in [0.05, 0.1) is 5.69 Å². The van der Waals surface area contributed by atoms with Crippen molar-refractivity contribution in [2.75, 3.05) is 17.2 Å². The molecule has 21 heavy (non-hydrogen) atoms. The Hall–Kier alpha value is -2.09. The Kier molecular flexibility index (Phi) is 4.79. The number of anilines is 3. The maximum atomic E-state index is 13.6. The van der Waals surface area contributed by atoms with E-state index in [1.807, 2.05) is 6.92 Å². The number of benzene rings is 1. The molecule has 0 aliphatic heterocycles. The van der Waals surface area contributed by atoms with Gasteiger partial charge in [-0.15, -0.1) is 0 Å². The minimum Gasteiger partial charge on any atom is -0.354 e. The summed E-state index contributed by atoms with van der Waals surface area (Å²) < 4.78 is 39.5. The lowest BCUT2D eigenvalue weighted by molar-refractivity contribution is 0.449. The molecule has 1 aromatic heterocycles. The summed E-state index contributed by atoms with van der Waals surface area (Å²) in [5.74, 6) is -4.11. The summed E-state index contributed by atoms with van der Waals surface area (Å²) in [5.41, 5.74) is -0.308. The standard InChI is InChI=1S/C12H11ClF3N5/c1-2-5-17-11-19-10(13)20-12(21-11)18-7-4-3-6(14)8(15)9(7)16/h3-4H,2,5H2,1H3,(H2,17,18,19,20,21). The van der Waals surface area contributed by atoms with Gasteiger partial charge in [-0.1, -0.05) is 6.92 Å². The molecule has 0 bridgehead atoms. The highest BCUT2D eigenvalue weighted by Gasteiger charge is 2.15. The fourth-order valence-corrected chi connectivity index (χ4v) is 1.62. The number of halogens is 4. The Bertz CT molecular complexity index is 653. The number of hydrogen-bond donors (Lipinski definition) is 2. The van der Waals surface area contributed by atoms with Gasteiger partial charge in [0, 0.05) is 6.54 Å². The van der Waals surface area contributed by atoms with Crippen LogP contribution in [0.5, 0.6) is 0 Å². The van der Waals surface area contributed by atoms with Crippen molar-refractivity contribution in [2.45, 2.75) is 13.3 Å². The molecular formula is C12H11ClF3N5. The highest BCUT2D eigenvalue weighted by atomic mass is 35.5. The maximum absolute atomic E-state index is 13.6. The number of nitrogens with one attached hydrogen (secondary N) is 2. The maximum Gasteiger partial charge on any atom is 0.233 e. The molecule has 0 atom stereocenters. The van der Waals surface area contributed by atoms with Crippen molar-refractivity contribution in [1.82, 2.24) is 15.0 Å². The van der Waals surface area contributed by atoms with E-state index in [2.05, 4.69) is 25.6 Å². The van der Waals surface area contributed by atoms with Gasteiger partial charge in [-0.25, -0.2) is 13.2 Å². The van der Waals surface area contributed by atoms with Crippen LogP contribution >= 0.6 is 11.6 Å². The van der Waals surface area contributed by atoms with Crippen LogP contribution in [0, 0.1) is 17.5 Å². The van der Waals surface area contributed by atoms with Gasteiger partial charge < -0.3 is 10.6 Å². The van der Waals surface area contributed by atoms with E-state index in [0.717, 1.165) is 18.6 Å². The molecule has 0 spiro atoms. The van der Waals surface area contributed by atoms with Crippen LogP contribution in [-0.4, -0.2) is 21.5 Å². The van der Waals surface area contributed by atoms with Crippen molar-refractivity contribution in [3.8, 4) is 0 Å². The van der Waals surface area contributed by atoms with E-state index in [4.69, 9.17) is 11.6 Å². The highest BCUT2D eigenvalue weighted by molar-refractivity contribution is 6.28. The molecule has 2 aromatic rings. The normalized spacial score (nSPS) is 10.5. The molecule has 0 fully saturated rings. The summed E-state index contributed by atoms with van der Waals surface area (Å²) in [4.78, 5) is 11.5. The zero-order valence-electron chi connectivity index (χ0n) is 10.9. The lowest BCUT2D eigenvalue weighted by Crippen LogP contribution is -2.08. The molecule has 0 unspecified atom stereocenters. The van der Waals surface area contributed by atoms with Gasteiger partial charge in [0.2, 0.25) is 17.2 Å². The summed E-state index contributed by atoms with van der Waals surface area (Å²) >= 11 is 5.72. The van der Waals surface area contributed by atoms with Crippen LogP contribution in [0.2, 0.25) is 5.28 Å². The molecule has 0 saturated carbocycles. The van der Waals surface area contributed by atoms with E-state index < -0.39 is 17.5 Å². The predicted octanol–water partition coefficient (Wildman–Crippen LogP) is 3.51. The van der Waals surface area contributed by atoms with Crippen molar-refractivity contribution in [2.24, 2.45) is 0 Å². The molecule has 1 heterocycles. The van der Waals surface area contributed by atoms with Gasteiger partial charge in [-0.05, 0) is 30.2 Å². The van der Waals surface area contributed by atoms with Crippen molar-refractivity contribution in [3.63, 3.8) is 0 Å². The first kappa shape index (κ1) is 15.3. The summed E-state index contributed by atoms with van der Waals surface area (Å²) in [5, 5.41) is 5.19. The average Bonchev–Trinajstić information content (AvgIpc) is 2.45. The zero-order chi connectivity index (χ0) is 15.4. The summed E-state index contributed by atoms with van der Waals surface area (Å²) in [6.07, 6.45) is 0.837. The number of hydrogen-bond acceptors (Lipinski definition) is 5. The SMILES string of the molecule is CCCNc1nc(Cl)nc(Nc2ccc(F)c(F)c2F)n1. The lowest BCUT2D eigenvalue weighted by atomic mass is 10.3. The zero-order valence-corrected chi connectivity index (χ0v) is 11.7. The van der Waals surface area contributed by atoms with E-state index in [1.54, 1.807) is 0 Å². The molecule has 0 saturated heterocycles. The summed E-state index contributed by atoms with van der Waals surface area (Å²) in [7, 11) is 0. The fraction of sp³-hybridized carbons (Fsp3) is 0.250.